The number of anilines is 1. The molecule has 0 aliphatic rings. The van der Waals surface area contributed by atoms with Crippen LogP contribution in [0.15, 0.2) is 47.4 Å². The number of thioether (sulfide) groups is 1. The normalized spacial score (nSPS) is 10.4. The first-order valence-electron chi connectivity index (χ1n) is 8.20. The van der Waals surface area contributed by atoms with Crippen molar-refractivity contribution in [3.8, 4) is 0 Å². The summed E-state index contributed by atoms with van der Waals surface area (Å²) >= 11 is 1.16. The zero-order valence-corrected chi connectivity index (χ0v) is 15.7. The number of rotatable bonds is 8. The van der Waals surface area contributed by atoms with Crippen molar-refractivity contribution >= 4 is 35.0 Å². The second-order valence-electron chi connectivity index (χ2n) is 5.59. The molecule has 2 aromatic carbocycles. The van der Waals surface area contributed by atoms with Crippen LogP contribution in [-0.2, 0) is 9.59 Å². The highest BCUT2D eigenvalue weighted by Gasteiger charge is 2.18. The highest BCUT2D eigenvalue weighted by molar-refractivity contribution is 8.00. The number of carbonyl (C=O) groups excluding carboxylic acids is 2. The van der Waals surface area contributed by atoms with Crippen molar-refractivity contribution in [2.75, 3.05) is 24.2 Å². The molecule has 0 unspecified atom stereocenters. The Morgan fingerprint density at radius 3 is 2.29 bits per heavy atom. The molecule has 0 bridgehead atoms. The predicted octanol–water partition coefficient (Wildman–Crippen LogP) is 3.45. The molecule has 10 heteroatoms. The van der Waals surface area contributed by atoms with Crippen LogP contribution in [0, 0.1) is 21.7 Å². The van der Waals surface area contributed by atoms with Gasteiger partial charge in [0.05, 0.1) is 17.2 Å². The SMILES string of the molecule is CCN(CC(=O)Nc1c(F)cccc1F)C(=O)CSc1ccc([N+](=O)[O-])cc1. The Labute approximate surface area is 163 Å². The van der Waals surface area contributed by atoms with E-state index in [2.05, 4.69) is 5.32 Å². The number of amides is 2. The number of nitrogens with zero attached hydrogens (tertiary/aromatic N) is 2. The van der Waals surface area contributed by atoms with E-state index in [0.717, 1.165) is 23.9 Å². The molecule has 1 N–H and O–H groups in total. The first-order chi connectivity index (χ1) is 13.3. The molecule has 0 aromatic heterocycles. The molecule has 0 aliphatic carbocycles. The largest absolute Gasteiger partial charge is 0.333 e. The number of benzene rings is 2. The third-order valence-corrected chi connectivity index (χ3v) is 4.70. The average Bonchev–Trinajstić information content (AvgIpc) is 2.67. The summed E-state index contributed by atoms with van der Waals surface area (Å²) in [6.45, 7) is 1.54. The quantitative estimate of drug-likeness (QED) is 0.410. The Kier molecular flexibility index (Phi) is 7.44. The van der Waals surface area contributed by atoms with Gasteiger partial charge < -0.3 is 10.2 Å². The van der Waals surface area contributed by atoms with E-state index in [1.54, 1.807) is 6.92 Å². The fraction of sp³-hybridized carbons (Fsp3) is 0.222. The van der Waals surface area contributed by atoms with Gasteiger partial charge in [0.2, 0.25) is 11.8 Å². The minimum Gasteiger partial charge on any atom is -0.333 e. The summed E-state index contributed by atoms with van der Waals surface area (Å²) in [6, 6.07) is 8.93. The Balaban J connectivity index is 1.91. The summed E-state index contributed by atoms with van der Waals surface area (Å²) in [6.07, 6.45) is 0. The van der Waals surface area contributed by atoms with Crippen molar-refractivity contribution < 1.29 is 23.3 Å². The van der Waals surface area contributed by atoms with Gasteiger partial charge in [-0.2, -0.15) is 0 Å². The molecule has 2 amide bonds. The van der Waals surface area contributed by atoms with Crippen molar-refractivity contribution in [2.45, 2.75) is 11.8 Å². The molecule has 28 heavy (non-hydrogen) atoms. The first-order valence-corrected chi connectivity index (χ1v) is 9.19. The summed E-state index contributed by atoms with van der Waals surface area (Å²) in [4.78, 5) is 36.4. The monoisotopic (exact) mass is 409 g/mol. The zero-order valence-electron chi connectivity index (χ0n) is 14.9. The summed E-state index contributed by atoms with van der Waals surface area (Å²) in [5, 5.41) is 12.8. The number of hydrogen-bond donors (Lipinski definition) is 1. The molecule has 0 spiro atoms. The van der Waals surface area contributed by atoms with Gasteiger partial charge >= 0.3 is 0 Å². The molecular formula is C18H17F2N3O4S. The van der Waals surface area contributed by atoms with Crippen LogP contribution in [0.4, 0.5) is 20.2 Å². The molecule has 0 saturated carbocycles. The lowest BCUT2D eigenvalue weighted by atomic mass is 10.3. The van der Waals surface area contributed by atoms with Crippen LogP contribution in [-0.4, -0.2) is 40.5 Å². The minimum absolute atomic E-state index is 0.00693. The van der Waals surface area contributed by atoms with E-state index in [0.29, 0.717) is 4.90 Å². The summed E-state index contributed by atoms with van der Waals surface area (Å²) in [5.74, 6) is -2.88. The van der Waals surface area contributed by atoms with Gasteiger partial charge in [0.1, 0.15) is 17.3 Å². The maximum absolute atomic E-state index is 13.6. The van der Waals surface area contributed by atoms with Gasteiger partial charge in [-0.1, -0.05) is 6.07 Å². The average molecular weight is 409 g/mol. The molecule has 0 heterocycles. The van der Waals surface area contributed by atoms with E-state index >= 15 is 0 Å². The number of nitro benzene ring substituents is 1. The lowest BCUT2D eigenvalue weighted by Gasteiger charge is -2.20. The molecule has 0 fully saturated rings. The fourth-order valence-corrected chi connectivity index (χ4v) is 3.05. The van der Waals surface area contributed by atoms with E-state index in [-0.39, 0.29) is 30.4 Å². The van der Waals surface area contributed by atoms with Crippen molar-refractivity contribution in [2.24, 2.45) is 0 Å². The number of para-hydroxylation sites is 1. The van der Waals surface area contributed by atoms with Gasteiger partial charge in [-0.3, -0.25) is 19.7 Å². The van der Waals surface area contributed by atoms with Crippen LogP contribution >= 0.6 is 11.8 Å². The van der Waals surface area contributed by atoms with E-state index in [1.807, 2.05) is 0 Å². The van der Waals surface area contributed by atoms with Gasteiger partial charge in [0.25, 0.3) is 5.69 Å². The van der Waals surface area contributed by atoms with Crippen molar-refractivity contribution in [3.05, 3.63) is 64.2 Å². The molecular weight excluding hydrogens is 392 g/mol. The van der Waals surface area contributed by atoms with Crippen molar-refractivity contribution in [1.82, 2.24) is 4.90 Å². The number of hydrogen-bond acceptors (Lipinski definition) is 5. The molecule has 2 rings (SSSR count). The second kappa shape index (κ2) is 9.79. The van der Waals surface area contributed by atoms with Gasteiger partial charge in [0, 0.05) is 23.6 Å². The van der Waals surface area contributed by atoms with E-state index in [9.17, 15) is 28.5 Å². The number of non-ortho nitro benzene ring substituents is 1. The van der Waals surface area contributed by atoms with E-state index < -0.39 is 28.2 Å². The van der Waals surface area contributed by atoms with Crippen molar-refractivity contribution in [3.63, 3.8) is 0 Å². The highest BCUT2D eigenvalue weighted by atomic mass is 32.2. The molecule has 2 aromatic rings. The third kappa shape index (κ3) is 5.74. The Hall–Kier alpha value is -3.01. The van der Waals surface area contributed by atoms with Crippen LogP contribution in [0.2, 0.25) is 0 Å². The van der Waals surface area contributed by atoms with E-state index in [4.69, 9.17) is 0 Å². The Morgan fingerprint density at radius 2 is 1.75 bits per heavy atom. The number of nitro groups is 1. The zero-order chi connectivity index (χ0) is 20.7. The lowest BCUT2D eigenvalue weighted by molar-refractivity contribution is -0.384. The topological polar surface area (TPSA) is 92.6 Å². The van der Waals surface area contributed by atoms with Crippen LogP contribution in [0.1, 0.15) is 6.92 Å². The van der Waals surface area contributed by atoms with Gasteiger partial charge in [0.15, 0.2) is 0 Å². The second-order valence-corrected chi connectivity index (χ2v) is 6.64. The standard InChI is InChI=1S/C18H17F2N3O4S/c1-2-22(10-16(24)21-18-14(19)4-3-5-15(18)20)17(25)11-28-13-8-6-12(7-9-13)23(26)27/h3-9H,2,10-11H2,1H3,(H,21,24). The van der Waals surface area contributed by atoms with Crippen LogP contribution in [0.3, 0.4) is 0 Å². The molecule has 0 saturated heterocycles. The Bertz CT molecular complexity index is 857. The number of nitrogens with one attached hydrogen (secondary N) is 1. The fourth-order valence-electron chi connectivity index (χ4n) is 2.25. The first kappa shape index (κ1) is 21.3. The summed E-state index contributed by atoms with van der Waals surface area (Å²) < 4.78 is 27.2. The number of halogens is 2. The maximum atomic E-state index is 13.6. The molecule has 0 atom stereocenters. The highest BCUT2D eigenvalue weighted by Crippen LogP contribution is 2.22. The molecule has 7 nitrogen and oxygen atoms in total. The predicted molar refractivity (Wildman–Crippen MR) is 101 cm³/mol. The summed E-state index contributed by atoms with van der Waals surface area (Å²) in [5.41, 5.74) is -0.612. The third-order valence-electron chi connectivity index (χ3n) is 3.71. The Morgan fingerprint density at radius 1 is 1.14 bits per heavy atom. The van der Waals surface area contributed by atoms with Crippen LogP contribution in [0.5, 0.6) is 0 Å². The van der Waals surface area contributed by atoms with E-state index in [1.165, 1.54) is 35.2 Å². The van der Waals surface area contributed by atoms with Crippen molar-refractivity contribution in [1.29, 1.82) is 0 Å². The number of likely N-dealkylation sites (N-methyl/N-ethyl adjacent to an activating group) is 1. The lowest BCUT2D eigenvalue weighted by Crippen LogP contribution is -2.39. The molecule has 0 radical (unpaired) electrons. The summed E-state index contributed by atoms with van der Waals surface area (Å²) in [7, 11) is 0. The van der Waals surface area contributed by atoms with Crippen LogP contribution < -0.4 is 5.32 Å². The smallest absolute Gasteiger partial charge is 0.269 e. The molecule has 148 valence electrons. The molecule has 0 aliphatic heterocycles. The van der Waals surface area contributed by atoms with Gasteiger partial charge in [-0.15, -0.1) is 11.8 Å². The van der Waals surface area contributed by atoms with Crippen LogP contribution in [0.25, 0.3) is 0 Å². The van der Waals surface area contributed by atoms with Gasteiger partial charge in [-0.25, -0.2) is 8.78 Å². The maximum Gasteiger partial charge on any atom is 0.269 e. The number of carbonyl (C=O) groups is 2. The van der Waals surface area contributed by atoms with Gasteiger partial charge in [-0.05, 0) is 31.2 Å². The minimum atomic E-state index is -0.906.